The maximum atomic E-state index is 12.2. The highest BCUT2D eigenvalue weighted by Gasteiger charge is 2.39. The lowest BCUT2D eigenvalue weighted by Gasteiger charge is -2.36. The number of nitrogens with zero attached hydrogens (tertiary/aromatic N) is 2. The largest absolute Gasteiger partial charge is 0.456 e. The highest BCUT2D eigenvalue weighted by Crippen LogP contribution is 2.33. The third kappa shape index (κ3) is 4.97. The number of carbonyl (C=O) groups excluding carboxylic acids is 1. The molecule has 24 heavy (non-hydrogen) atoms. The first-order valence-corrected chi connectivity index (χ1v) is 8.08. The van der Waals surface area contributed by atoms with Crippen LogP contribution in [0.2, 0.25) is 5.02 Å². The quantitative estimate of drug-likeness (QED) is 0.789. The van der Waals surface area contributed by atoms with Gasteiger partial charge in [0.05, 0.1) is 6.61 Å². The van der Waals surface area contributed by atoms with Crippen molar-refractivity contribution in [3.8, 4) is 0 Å². The predicted octanol–water partition coefficient (Wildman–Crippen LogP) is 2.15. The third-order valence-corrected chi connectivity index (χ3v) is 4.73. The predicted molar refractivity (Wildman–Crippen MR) is 98.3 cm³/mol. The van der Waals surface area contributed by atoms with Gasteiger partial charge in [-0.3, -0.25) is 14.6 Å². The lowest BCUT2D eigenvalue weighted by Crippen LogP contribution is -2.52. The van der Waals surface area contributed by atoms with Crippen LogP contribution in [-0.2, 0) is 9.53 Å². The van der Waals surface area contributed by atoms with Crippen molar-refractivity contribution in [3.05, 3.63) is 34.9 Å². The molecule has 1 aromatic carbocycles. The van der Waals surface area contributed by atoms with Gasteiger partial charge in [0, 0.05) is 44.2 Å². The first-order valence-electron chi connectivity index (χ1n) is 7.70. The number of hydrogen-bond acceptors (Lipinski definition) is 5. The number of rotatable bonds is 4. The van der Waals surface area contributed by atoms with E-state index in [1.165, 1.54) is 0 Å². The summed E-state index contributed by atoms with van der Waals surface area (Å²) in [7, 11) is 0. The Balaban J connectivity index is 0.00000144. The second-order valence-corrected chi connectivity index (χ2v) is 6.27. The number of halogens is 3. The third-order valence-electron chi connectivity index (χ3n) is 4.47. The van der Waals surface area contributed by atoms with Crippen molar-refractivity contribution >= 4 is 42.4 Å². The number of ether oxygens (including phenoxy) is 1. The van der Waals surface area contributed by atoms with E-state index in [-0.39, 0.29) is 49.5 Å². The summed E-state index contributed by atoms with van der Waals surface area (Å²) in [6.07, 6.45) is 0.519. The van der Waals surface area contributed by atoms with Crippen LogP contribution in [0.25, 0.3) is 0 Å². The SMILES string of the molecule is Cl.Cl.O=C1OC(c2ccc(Cl)cc2)CC1N1CCN(CCO)CC1. The van der Waals surface area contributed by atoms with E-state index in [4.69, 9.17) is 21.4 Å². The van der Waals surface area contributed by atoms with Gasteiger partial charge in [-0.05, 0) is 17.7 Å². The van der Waals surface area contributed by atoms with Crippen LogP contribution in [0.5, 0.6) is 0 Å². The lowest BCUT2D eigenvalue weighted by atomic mass is 10.0. The van der Waals surface area contributed by atoms with Gasteiger partial charge < -0.3 is 9.84 Å². The van der Waals surface area contributed by atoms with E-state index >= 15 is 0 Å². The van der Waals surface area contributed by atoms with E-state index in [0.29, 0.717) is 18.0 Å². The maximum Gasteiger partial charge on any atom is 0.324 e. The molecular weight excluding hydrogens is 375 g/mol. The zero-order chi connectivity index (χ0) is 15.5. The second-order valence-electron chi connectivity index (χ2n) is 5.83. The molecule has 0 amide bonds. The fraction of sp³-hybridized carbons (Fsp3) is 0.562. The van der Waals surface area contributed by atoms with Crippen molar-refractivity contribution in [3.63, 3.8) is 0 Å². The number of carbonyl (C=O) groups is 1. The molecule has 2 heterocycles. The van der Waals surface area contributed by atoms with Gasteiger partial charge in [0.15, 0.2) is 0 Å². The molecule has 0 saturated carbocycles. The summed E-state index contributed by atoms with van der Waals surface area (Å²) in [5, 5.41) is 9.66. The molecule has 8 heteroatoms. The zero-order valence-electron chi connectivity index (χ0n) is 13.3. The van der Waals surface area contributed by atoms with E-state index in [0.717, 1.165) is 31.7 Å². The Morgan fingerprint density at radius 2 is 1.75 bits per heavy atom. The molecule has 0 spiro atoms. The maximum absolute atomic E-state index is 12.2. The van der Waals surface area contributed by atoms with Crippen molar-refractivity contribution in [2.24, 2.45) is 0 Å². The van der Waals surface area contributed by atoms with Gasteiger partial charge in [-0.2, -0.15) is 0 Å². The summed E-state index contributed by atoms with van der Waals surface area (Å²) in [5.74, 6) is -0.129. The fourth-order valence-electron chi connectivity index (χ4n) is 3.19. The van der Waals surface area contributed by atoms with E-state index in [9.17, 15) is 4.79 Å². The lowest BCUT2D eigenvalue weighted by molar-refractivity contribution is -0.146. The summed E-state index contributed by atoms with van der Waals surface area (Å²) in [4.78, 5) is 16.6. The summed E-state index contributed by atoms with van der Waals surface area (Å²) < 4.78 is 5.55. The average molecular weight is 398 g/mol. The Kier molecular flexibility index (Phi) is 8.77. The number of β-amino-alcohol motifs (C(OH)–C–C–N with tert-alkyl or cyclic N) is 1. The molecule has 2 aliphatic rings. The van der Waals surface area contributed by atoms with Gasteiger partial charge in [0.25, 0.3) is 0 Å². The molecule has 2 fully saturated rings. The summed E-state index contributed by atoms with van der Waals surface area (Å²) in [5.41, 5.74) is 0.999. The molecule has 136 valence electrons. The molecule has 0 aromatic heterocycles. The molecular formula is C16H23Cl3N2O3. The van der Waals surface area contributed by atoms with Gasteiger partial charge in [-0.15, -0.1) is 24.8 Å². The van der Waals surface area contributed by atoms with Crippen molar-refractivity contribution in [1.82, 2.24) is 9.80 Å². The highest BCUT2D eigenvalue weighted by molar-refractivity contribution is 6.30. The minimum Gasteiger partial charge on any atom is -0.456 e. The molecule has 1 aromatic rings. The van der Waals surface area contributed by atoms with Crippen LogP contribution in [0.15, 0.2) is 24.3 Å². The molecule has 2 atom stereocenters. The Labute approximate surface area is 159 Å². The molecule has 5 nitrogen and oxygen atoms in total. The molecule has 2 saturated heterocycles. The van der Waals surface area contributed by atoms with E-state index in [1.54, 1.807) is 0 Å². The van der Waals surface area contributed by atoms with E-state index < -0.39 is 0 Å². The normalized spacial score (nSPS) is 24.8. The smallest absolute Gasteiger partial charge is 0.324 e. The van der Waals surface area contributed by atoms with Crippen LogP contribution in [0.4, 0.5) is 0 Å². The number of hydrogen-bond donors (Lipinski definition) is 1. The summed E-state index contributed by atoms with van der Waals surface area (Å²) >= 11 is 5.90. The number of aliphatic hydroxyl groups is 1. The Morgan fingerprint density at radius 1 is 1.12 bits per heavy atom. The van der Waals surface area contributed by atoms with Crippen LogP contribution in [0.1, 0.15) is 18.1 Å². The number of piperazine rings is 1. The minimum atomic E-state index is -0.176. The molecule has 2 aliphatic heterocycles. The van der Waals surface area contributed by atoms with Crippen LogP contribution in [0.3, 0.4) is 0 Å². The van der Waals surface area contributed by atoms with Crippen molar-refractivity contribution in [2.45, 2.75) is 18.6 Å². The van der Waals surface area contributed by atoms with Crippen molar-refractivity contribution in [1.29, 1.82) is 0 Å². The second kappa shape index (κ2) is 9.80. The first-order chi connectivity index (χ1) is 10.7. The van der Waals surface area contributed by atoms with Gasteiger partial charge in [-0.25, -0.2) is 0 Å². The Bertz CT molecular complexity index is 522. The summed E-state index contributed by atoms with van der Waals surface area (Å²) in [6.45, 7) is 4.34. The number of aliphatic hydroxyl groups excluding tert-OH is 1. The van der Waals surface area contributed by atoms with Crippen LogP contribution < -0.4 is 0 Å². The highest BCUT2D eigenvalue weighted by atomic mass is 35.5. The topological polar surface area (TPSA) is 53.0 Å². The molecule has 1 N–H and O–H groups in total. The molecule has 0 bridgehead atoms. The van der Waals surface area contributed by atoms with Crippen molar-refractivity contribution in [2.75, 3.05) is 39.3 Å². The van der Waals surface area contributed by atoms with E-state index in [1.807, 2.05) is 24.3 Å². The number of cyclic esters (lactones) is 1. The molecule has 0 aliphatic carbocycles. The van der Waals surface area contributed by atoms with Gasteiger partial charge in [-0.1, -0.05) is 23.7 Å². The molecule has 3 rings (SSSR count). The van der Waals surface area contributed by atoms with E-state index in [2.05, 4.69) is 9.80 Å². The first kappa shape index (κ1) is 21.5. The fourth-order valence-corrected chi connectivity index (χ4v) is 3.31. The average Bonchev–Trinajstić information content (AvgIpc) is 2.91. The van der Waals surface area contributed by atoms with Gasteiger partial charge >= 0.3 is 5.97 Å². The van der Waals surface area contributed by atoms with Gasteiger partial charge in [0.1, 0.15) is 12.1 Å². The van der Waals surface area contributed by atoms with Gasteiger partial charge in [0.2, 0.25) is 0 Å². The number of benzene rings is 1. The Hall–Kier alpha value is -0.560. The molecule has 0 radical (unpaired) electrons. The Morgan fingerprint density at radius 3 is 2.33 bits per heavy atom. The molecule has 2 unspecified atom stereocenters. The summed E-state index contributed by atoms with van der Waals surface area (Å²) in [6, 6.07) is 7.33. The van der Waals surface area contributed by atoms with Crippen LogP contribution in [0, 0.1) is 0 Å². The minimum absolute atomic E-state index is 0. The van der Waals surface area contributed by atoms with Crippen LogP contribution >= 0.6 is 36.4 Å². The monoisotopic (exact) mass is 396 g/mol. The number of esters is 1. The van der Waals surface area contributed by atoms with Crippen LogP contribution in [-0.4, -0.2) is 66.2 Å². The standard InChI is InChI=1S/C16H21ClN2O3.2ClH/c17-13-3-1-12(2-4-13)15-11-14(16(21)22-15)19-7-5-18(6-8-19)9-10-20;;/h1-4,14-15,20H,5-11H2;2*1H. The zero-order valence-corrected chi connectivity index (χ0v) is 15.7. The van der Waals surface area contributed by atoms with Crippen molar-refractivity contribution < 1.29 is 14.6 Å².